The molecule has 51 heavy (non-hydrogen) atoms. The number of nitrogens with zero attached hydrogens (tertiary/aromatic N) is 2. The molecule has 12 nitrogen and oxygen atoms in total. The van der Waals surface area contributed by atoms with Gasteiger partial charge in [-0.1, -0.05) is 45.9 Å². The Morgan fingerprint density at radius 3 is 2.22 bits per heavy atom. The third kappa shape index (κ3) is 6.93. The summed E-state index contributed by atoms with van der Waals surface area (Å²) in [7, 11) is 3.43. The van der Waals surface area contributed by atoms with Gasteiger partial charge in [0.15, 0.2) is 22.4 Å². The quantitative estimate of drug-likeness (QED) is 0.0802. The summed E-state index contributed by atoms with van der Waals surface area (Å²) < 4.78 is 69.7. The molecule has 0 radical (unpaired) electrons. The zero-order valence-electron chi connectivity index (χ0n) is 28.2. The lowest BCUT2D eigenvalue weighted by molar-refractivity contribution is 0.309. The molecule has 0 saturated carbocycles. The predicted octanol–water partition coefficient (Wildman–Crippen LogP) is 7.41. The second kappa shape index (κ2) is 15.2. The van der Waals surface area contributed by atoms with Crippen LogP contribution < -0.4 is 33.8 Å². The molecule has 0 bridgehead atoms. The largest absolute Gasteiger partial charge is 0.496 e. The van der Waals surface area contributed by atoms with Crippen LogP contribution in [0.5, 0.6) is 34.5 Å². The molecule has 0 aliphatic heterocycles. The second-order valence-electron chi connectivity index (χ2n) is 10.9. The fourth-order valence-corrected chi connectivity index (χ4v) is 8.71. The Kier molecular flexibility index (Phi) is 10.7. The molecule has 6 aromatic rings. The summed E-state index contributed by atoms with van der Waals surface area (Å²) in [5.41, 5.74) is 1.19. The monoisotopic (exact) mass is 796 g/mol. The molecule has 4 aromatic carbocycles. The van der Waals surface area contributed by atoms with E-state index in [9.17, 15) is 13.2 Å². The minimum absolute atomic E-state index is 0.0605. The Labute approximate surface area is 306 Å². The van der Waals surface area contributed by atoms with Gasteiger partial charge in [-0.25, -0.2) is 17.4 Å². The number of methoxy groups -OCH3 is 5. The zero-order chi connectivity index (χ0) is 36.3. The molecule has 0 aliphatic rings. The first-order valence-corrected chi connectivity index (χ1v) is 18.6. The lowest BCUT2D eigenvalue weighted by Crippen LogP contribution is -2.15. The molecule has 0 amide bonds. The number of ether oxygens (including phenoxy) is 6. The van der Waals surface area contributed by atoms with Crippen molar-refractivity contribution in [3.8, 4) is 45.8 Å². The topological polar surface area (TPSA) is 138 Å². The highest BCUT2D eigenvalue weighted by atomic mass is 79.9. The first-order chi connectivity index (χ1) is 24.6. The van der Waals surface area contributed by atoms with Gasteiger partial charge >= 0.3 is 0 Å². The maximum absolute atomic E-state index is 14.2. The van der Waals surface area contributed by atoms with Crippen molar-refractivity contribution < 1.29 is 41.3 Å². The van der Waals surface area contributed by atoms with Gasteiger partial charge in [0.2, 0.25) is 16.9 Å². The molecule has 0 fully saturated rings. The molecule has 0 aliphatic carbocycles. The Bertz CT molecular complexity index is 2390. The summed E-state index contributed by atoms with van der Waals surface area (Å²) in [5, 5.41) is 0.475. The average Bonchev–Trinajstić information content (AvgIpc) is 3.53. The second-order valence-corrected chi connectivity index (χ2v) is 14.6. The van der Waals surface area contributed by atoms with Crippen LogP contribution in [0.1, 0.15) is 6.42 Å². The van der Waals surface area contributed by atoms with Crippen LogP contribution in [0.3, 0.4) is 0 Å². The van der Waals surface area contributed by atoms with Crippen molar-refractivity contribution in [1.82, 2.24) is 8.96 Å². The number of aromatic nitrogens is 2. The summed E-state index contributed by atoms with van der Waals surface area (Å²) in [6, 6.07) is 20.1. The van der Waals surface area contributed by atoms with E-state index in [2.05, 4.69) is 20.9 Å². The Hall–Kier alpha value is -4.86. The van der Waals surface area contributed by atoms with E-state index in [0.29, 0.717) is 61.4 Å². The van der Waals surface area contributed by atoms with E-state index in [0.717, 1.165) is 0 Å². The van der Waals surface area contributed by atoms with Crippen molar-refractivity contribution in [2.24, 2.45) is 0 Å². The molecule has 266 valence electrons. The van der Waals surface area contributed by atoms with E-state index in [4.69, 9.17) is 32.8 Å². The summed E-state index contributed by atoms with van der Waals surface area (Å²) in [6.07, 6.45) is 0.413. The molecule has 15 heteroatoms. The van der Waals surface area contributed by atoms with Crippen molar-refractivity contribution in [2.75, 3.05) is 47.9 Å². The third-order valence-electron chi connectivity index (χ3n) is 7.86. The van der Waals surface area contributed by atoms with E-state index in [1.807, 2.05) is 0 Å². The summed E-state index contributed by atoms with van der Waals surface area (Å²) in [5.74, 6) is 2.21. The Balaban J connectivity index is 1.33. The van der Waals surface area contributed by atoms with Gasteiger partial charge in [0.25, 0.3) is 10.0 Å². The summed E-state index contributed by atoms with van der Waals surface area (Å²) in [6.45, 7) is 0.0811. The van der Waals surface area contributed by atoms with Crippen LogP contribution in [0.15, 0.2) is 96.5 Å². The third-order valence-corrected chi connectivity index (χ3v) is 11.2. The van der Waals surface area contributed by atoms with E-state index in [-0.39, 0.29) is 39.7 Å². The number of thioether (sulfide) groups is 1. The Morgan fingerprint density at radius 1 is 0.824 bits per heavy atom. The lowest BCUT2D eigenvalue weighted by Gasteiger charge is -2.17. The number of benzene rings is 4. The van der Waals surface area contributed by atoms with Gasteiger partial charge in [-0.3, -0.25) is 4.79 Å². The van der Waals surface area contributed by atoms with E-state index in [1.165, 1.54) is 51.3 Å². The van der Waals surface area contributed by atoms with Gasteiger partial charge in [0.1, 0.15) is 22.5 Å². The van der Waals surface area contributed by atoms with Crippen molar-refractivity contribution >= 4 is 59.7 Å². The molecule has 6 rings (SSSR count). The van der Waals surface area contributed by atoms with Gasteiger partial charge in [0, 0.05) is 27.9 Å². The van der Waals surface area contributed by atoms with E-state index in [1.54, 1.807) is 72.8 Å². The van der Waals surface area contributed by atoms with Crippen LogP contribution in [-0.2, 0) is 10.0 Å². The molecule has 0 unspecified atom stereocenters. The van der Waals surface area contributed by atoms with Crippen molar-refractivity contribution in [2.45, 2.75) is 16.5 Å². The zero-order valence-corrected chi connectivity index (χ0v) is 31.4. The average molecular weight is 798 g/mol. The van der Waals surface area contributed by atoms with Crippen LogP contribution in [-0.4, -0.2) is 65.3 Å². The number of fused-ring (bicyclic) bond motifs is 2. The fraction of sp³-hybridized carbons (Fsp3) is 0.222. The summed E-state index contributed by atoms with van der Waals surface area (Å²) >= 11 is 4.63. The number of rotatable bonds is 14. The van der Waals surface area contributed by atoms with Crippen LogP contribution in [0.4, 0.5) is 0 Å². The Morgan fingerprint density at radius 2 is 1.55 bits per heavy atom. The SMILES string of the molecule is COc1cc(OC)c2c(=O)c(OCCCSc3nc4ccccc4n3S(=O)(=O)c3cccc(Br)c3)c(-c3cc(OC)c(OC)c(OC)c3)oc2c1. The van der Waals surface area contributed by atoms with Crippen molar-refractivity contribution in [1.29, 1.82) is 0 Å². The molecular weight excluding hydrogens is 764 g/mol. The smallest absolute Gasteiger partial charge is 0.270 e. The molecule has 0 saturated heterocycles. The minimum atomic E-state index is -3.98. The highest BCUT2D eigenvalue weighted by Gasteiger charge is 2.26. The highest BCUT2D eigenvalue weighted by Crippen LogP contribution is 2.44. The van der Waals surface area contributed by atoms with Crippen LogP contribution >= 0.6 is 27.7 Å². The standard InChI is InChI=1S/C36H33BrN2O10S2/c1-43-23-19-27(44-2)31-28(20-23)49-33(21-16-29(45-3)34(47-5)30(17-21)46-4)35(32(31)40)48-14-9-15-50-36-38-25-12-6-7-13-26(25)39(36)51(41,42)24-11-8-10-22(37)18-24/h6-8,10-13,16-20H,9,14-15H2,1-5H3. The lowest BCUT2D eigenvalue weighted by atomic mass is 10.1. The summed E-state index contributed by atoms with van der Waals surface area (Å²) in [4.78, 5) is 18.9. The highest BCUT2D eigenvalue weighted by molar-refractivity contribution is 9.10. The normalized spacial score (nSPS) is 11.5. The molecule has 0 atom stereocenters. The van der Waals surface area contributed by atoms with Crippen molar-refractivity contribution in [3.63, 3.8) is 0 Å². The molecule has 2 aromatic heterocycles. The van der Waals surface area contributed by atoms with Crippen molar-refractivity contribution in [3.05, 3.63) is 87.5 Å². The first-order valence-electron chi connectivity index (χ1n) is 15.4. The first kappa shape index (κ1) is 35.9. The molecule has 0 spiro atoms. The number of hydrogen-bond acceptors (Lipinski definition) is 12. The maximum atomic E-state index is 14.2. The van der Waals surface area contributed by atoms with Gasteiger partial charge in [0.05, 0.1) is 58.1 Å². The number of halogens is 1. The number of hydrogen-bond donors (Lipinski definition) is 0. The van der Waals surface area contributed by atoms with Gasteiger partial charge in [-0.05, 0) is 48.9 Å². The van der Waals surface area contributed by atoms with E-state index >= 15 is 0 Å². The van der Waals surface area contributed by atoms with Crippen LogP contribution in [0.2, 0.25) is 0 Å². The van der Waals surface area contributed by atoms with Gasteiger partial charge in [-0.15, -0.1) is 0 Å². The maximum Gasteiger partial charge on any atom is 0.270 e. The van der Waals surface area contributed by atoms with Crippen LogP contribution in [0, 0.1) is 0 Å². The number of imidazole rings is 1. The molecular formula is C36H33BrN2O10S2. The van der Waals surface area contributed by atoms with Crippen LogP contribution in [0.25, 0.3) is 33.3 Å². The minimum Gasteiger partial charge on any atom is -0.496 e. The van der Waals surface area contributed by atoms with Gasteiger partial charge < -0.3 is 32.8 Å². The predicted molar refractivity (Wildman–Crippen MR) is 198 cm³/mol. The fourth-order valence-electron chi connectivity index (χ4n) is 5.49. The molecule has 0 N–H and O–H groups in total. The van der Waals surface area contributed by atoms with E-state index < -0.39 is 15.5 Å². The number of para-hydroxylation sites is 2. The molecule has 2 heterocycles. The van der Waals surface area contributed by atoms with Gasteiger partial charge in [-0.2, -0.15) is 0 Å².